The number of aliphatic hydroxyl groups is 1. The third-order valence-electron chi connectivity index (χ3n) is 2.89. The molecular weight excluding hydrogens is 276 g/mol. The predicted octanol–water partition coefficient (Wildman–Crippen LogP) is 2.17. The van der Waals surface area contributed by atoms with Gasteiger partial charge in [0.2, 0.25) is 0 Å². The van der Waals surface area contributed by atoms with Crippen molar-refractivity contribution in [1.82, 2.24) is 9.97 Å². The van der Waals surface area contributed by atoms with Crippen LogP contribution < -0.4 is 10.2 Å². The first-order valence-electron chi connectivity index (χ1n) is 6.31. The summed E-state index contributed by atoms with van der Waals surface area (Å²) in [7, 11) is 1.92. The van der Waals surface area contributed by atoms with Crippen molar-refractivity contribution in [2.45, 2.75) is 6.54 Å². The van der Waals surface area contributed by atoms with E-state index in [1.165, 1.54) is 0 Å². The summed E-state index contributed by atoms with van der Waals surface area (Å²) in [5.41, 5.74) is 2.01. The Bertz CT molecular complexity index is 530. The summed E-state index contributed by atoms with van der Waals surface area (Å²) in [6.45, 7) is 1.36. The molecule has 0 bridgehead atoms. The number of likely N-dealkylation sites (N-methyl/N-ethyl adjacent to an activating group) is 1. The van der Waals surface area contributed by atoms with Crippen molar-refractivity contribution in [3.8, 4) is 0 Å². The molecule has 0 saturated carbocycles. The van der Waals surface area contributed by atoms with E-state index in [-0.39, 0.29) is 6.61 Å². The number of aliphatic hydroxyl groups excluding tert-OH is 1. The molecular formula is C14H17ClN4O. The lowest BCUT2D eigenvalue weighted by Crippen LogP contribution is -2.21. The minimum absolute atomic E-state index is 0.125. The Kier molecular flexibility index (Phi) is 5.15. The van der Waals surface area contributed by atoms with Gasteiger partial charge in [-0.1, -0.05) is 17.7 Å². The van der Waals surface area contributed by atoms with E-state index >= 15 is 0 Å². The van der Waals surface area contributed by atoms with E-state index in [4.69, 9.17) is 16.7 Å². The maximum Gasteiger partial charge on any atom is 0.129 e. The molecule has 0 unspecified atom stereocenters. The van der Waals surface area contributed by atoms with Crippen molar-refractivity contribution < 1.29 is 5.11 Å². The maximum atomic E-state index is 8.89. The van der Waals surface area contributed by atoms with Crippen molar-refractivity contribution in [1.29, 1.82) is 0 Å². The van der Waals surface area contributed by atoms with Gasteiger partial charge in [-0.25, -0.2) is 9.97 Å². The number of rotatable bonds is 6. The van der Waals surface area contributed by atoms with E-state index in [9.17, 15) is 0 Å². The van der Waals surface area contributed by atoms with Gasteiger partial charge in [0.1, 0.15) is 11.0 Å². The molecule has 2 aromatic rings. The number of hydrogen-bond donors (Lipinski definition) is 2. The summed E-state index contributed by atoms with van der Waals surface area (Å²) >= 11 is 5.74. The van der Waals surface area contributed by atoms with Crippen LogP contribution >= 0.6 is 11.6 Å². The zero-order valence-corrected chi connectivity index (χ0v) is 12.0. The normalized spacial score (nSPS) is 10.3. The summed E-state index contributed by atoms with van der Waals surface area (Å²) in [5, 5.41) is 12.6. The molecule has 2 N–H and O–H groups in total. The van der Waals surface area contributed by atoms with Crippen LogP contribution in [0.15, 0.2) is 36.7 Å². The first-order valence-corrected chi connectivity index (χ1v) is 6.69. The largest absolute Gasteiger partial charge is 0.395 e. The van der Waals surface area contributed by atoms with Gasteiger partial charge in [0.15, 0.2) is 0 Å². The fraction of sp³-hybridized carbons (Fsp3) is 0.286. The van der Waals surface area contributed by atoms with Crippen molar-refractivity contribution >= 4 is 23.1 Å². The highest BCUT2D eigenvalue weighted by molar-refractivity contribution is 6.29. The number of anilines is 2. The Morgan fingerprint density at radius 1 is 1.20 bits per heavy atom. The van der Waals surface area contributed by atoms with Crippen LogP contribution in [0.25, 0.3) is 0 Å². The molecule has 5 nitrogen and oxygen atoms in total. The van der Waals surface area contributed by atoms with Crippen molar-refractivity contribution in [2.24, 2.45) is 0 Å². The minimum atomic E-state index is 0.125. The highest BCUT2D eigenvalue weighted by atomic mass is 35.5. The fourth-order valence-electron chi connectivity index (χ4n) is 1.70. The molecule has 0 radical (unpaired) electrons. The van der Waals surface area contributed by atoms with Gasteiger partial charge >= 0.3 is 0 Å². The topological polar surface area (TPSA) is 61.3 Å². The SMILES string of the molecule is CN(CCO)c1ccc(NCc2ccc(Cl)nc2)nc1. The fourth-order valence-corrected chi connectivity index (χ4v) is 1.81. The number of nitrogens with zero attached hydrogens (tertiary/aromatic N) is 3. The van der Waals surface area contributed by atoms with Gasteiger partial charge in [-0.15, -0.1) is 0 Å². The molecule has 2 aromatic heterocycles. The number of pyridine rings is 2. The molecule has 0 saturated heterocycles. The van der Waals surface area contributed by atoms with Crippen LogP contribution in [0.5, 0.6) is 0 Å². The quantitative estimate of drug-likeness (QED) is 0.799. The highest BCUT2D eigenvalue weighted by Gasteiger charge is 2.01. The van der Waals surface area contributed by atoms with Gasteiger partial charge in [0.25, 0.3) is 0 Å². The van der Waals surface area contributed by atoms with Crippen LogP contribution in [-0.4, -0.2) is 35.3 Å². The standard InChI is InChI=1S/C14H17ClN4O/c1-19(6-7-20)12-3-5-14(18-10-12)17-9-11-2-4-13(15)16-8-11/h2-5,8,10,20H,6-7,9H2,1H3,(H,17,18). The monoisotopic (exact) mass is 292 g/mol. The van der Waals surface area contributed by atoms with Crippen molar-refractivity contribution in [3.05, 3.63) is 47.4 Å². The van der Waals surface area contributed by atoms with E-state index in [1.54, 1.807) is 18.5 Å². The zero-order chi connectivity index (χ0) is 14.4. The Balaban J connectivity index is 1.92. The molecule has 0 aliphatic carbocycles. The molecule has 2 rings (SSSR count). The average Bonchev–Trinajstić information content (AvgIpc) is 2.47. The second-order valence-electron chi connectivity index (χ2n) is 4.39. The van der Waals surface area contributed by atoms with E-state index < -0.39 is 0 Å². The molecule has 0 spiro atoms. The van der Waals surface area contributed by atoms with Gasteiger partial charge in [0.05, 0.1) is 18.5 Å². The van der Waals surface area contributed by atoms with Crippen molar-refractivity contribution in [2.75, 3.05) is 30.4 Å². The summed E-state index contributed by atoms with van der Waals surface area (Å²) in [6.07, 6.45) is 3.51. The minimum Gasteiger partial charge on any atom is -0.395 e. The van der Waals surface area contributed by atoms with Gasteiger partial charge in [-0.3, -0.25) is 0 Å². The van der Waals surface area contributed by atoms with Crippen LogP contribution in [0.4, 0.5) is 11.5 Å². The molecule has 0 aromatic carbocycles. The van der Waals surface area contributed by atoms with E-state index in [2.05, 4.69) is 15.3 Å². The lowest BCUT2D eigenvalue weighted by Gasteiger charge is -2.17. The highest BCUT2D eigenvalue weighted by Crippen LogP contribution is 2.14. The predicted molar refractivity (Wildman–Crippen MR) is 81.2 cm³/mol. The Morgan fingerprint density at radius 2 is 2.05 bits per heavy atom. The first kappa shape index (κ1) is 14.6. The average molecular weight is 293 g/mol. The molecule has 0 aliphatic rings. The van der Waals surface area contributed by atoms with Crippen LogP contribution in [0.1, 0.15) is 5.56 Å². The van der Waals surface area contributed by atoms with E-state index in [0.717, 1.165) is 17.1 Å². The number of hydrogen-bond acceptors (Lipinski definition) is 5. The maximum absolute atomic E-state index is 8.89. The molecule has 2 heterocycles. The summed E-state index contributed by atoms with van der Waals surface area (Å²) < 4.78 is 0. The summed E-state index contributed by atoms with van der Waals surface area (Å²) in [5.74, 6) is 0.793. The molecule has 0 atom stereocenters. The Hall–Kier alpha value is -1.85. The van der Waals surface area contributed by atoms with E-state index in [0.29, 0.717) is 18.2 Å². The number of aromatic nitrogens is 2. The smallest absolute Gasteiger partial charge is 0.129 e. The summed E-state index contributed by atoms with van der Waals surface area (Å²) in [6, 6.07) is 7.56. The van der Waals surface area contributed by atoms with Crippen LogP contribution in [0, 0.1) is 0 Å². The van der Waals surface area contributed by atoms with Gasteiger partial charge in [-0.2, -0.15) is 0 Å². The number of nitrogens with one attached hydrogen (secondary N) is 1. The van der Waals surface area contributed by atoms with E-state index in [1.807, 2.05) is 30.1 Å². The van der Waals surface area contributed by atoms with Crippen LogP contribution in [-0.2, 0) is 6.54 Å². The first-order chi connectivity index (χ1) is 9.69. The van der Waals surface area contributed by atoms with Crippen LogP contribution in [0.3, 0.4) is 0 Å². The zero-order valence-electron chi connectivity index (χ0n) is 11.3. The second-order valence-corrected chi connectivity index (χ2v) is 4.78. The molecule has 106 valence electrons. The third-order valence-corrected chi connectivity index (χ3v) is 3.11. The molecule has 0 aliphatic heterocycles. The van der Waals surface area contributed by atoms with Crippen LogP contribution in [0.2, 0.25) is 5.15 Å². The molecule has 0 amide bonds. The van der Waals surface area contributed by atoms with Gasteiger partial charge in [-0.05, 0) is 23.8 Å². The lowest BCUT2D eigenvalue weighted by atomic mass is 10.3. The van der Waals surface area contributed by atoms with Gasteiger partial charge < -0.3 is 15.3 Å². The molecule has 0 fully saturated rings. The van der Waals surface area contributed by atoms with Gasteiger partial charge in [0, 0.05) is 26.3 Å². The Labute approximate surface area is 123 Å². The van der Waals surface area contributed by atoms with Crippen molar-refractivity contribution in [3.63, 3.8) is 0 Å². The Morgan fingerprint density at radius 3 is 2.65 bits per heavy atom. The third kappa shape index (κ3) is 4.08. The number of halogens is 1. The lowest BCUT2D eigenvalue weighted by molar-refractivity contribution is 0.304. The molecule has 20 heavy (non-hydrogen) atoms. The molecule has 6 heteroatoms. The summed E-state index contributed by atoms with van der Waals surface area (Å²) in [4.78, 5) is 10.3. The second kappa shape index (κ2) is 7.07.